The lowest BCUT2D eigenvalue weighted by Gasteiger charge is -2.44. The van der Waals surface area contributed by atoms with Gasteiger partial charge in [0.2, 0.25) is 0 Å². The van der Waals surface area contributed by atoms with E-state index in [1.165, 1.54) is 13.0 Å². The predicted molar refractivity (Wildman–Crippen MR) is 131 cm³/mol. The van der Waals surface area contributed by atoms with Crippen LogP contribution in [0, 0.1) is 12.3 Å². The Kier molecular flexibility index (Phi) is 2.30. The minimum absolute atomic E-state index is 0.00198. The minimum atomic E-state index is -3.16. The van der Waals surface area contributed by atoms with E-state index in [9.17, 15) is 0 Å². The van der Waals surface area contributed by atoms with Gasteiger partial charge in [0.05, 0.1) is 16.6 Å². The quantitative estimate of drug-likeness (QED) is 0.299. The highest BCUT2D eigenvalue weighted by Crippen LogP contribution is 2.61. The molecule has 0 N–H and O–H groups in total. The summed E-state index contributed by atoms with van der Waals surface area (Å²) in [6.45, 7) is 3.57. The minimum Gasteiger partial charge on any atom is -0.296 e. The van der Waals surface area contributed by atoms with Crippen molar-refractivity contribution < 1.29 is 12.3 Å². The van der Waals surface area contributed by atoms with Crippen LogP contribution in [0.2, 0.25) is 0 Å². The van der Waals surface area contributed by atoms with Crippen LogP contribution in [0.15, 0.2) is 30.3 Å². The average Bonchev–Trinajstić information content (AvgIpc) is 3.21. The first-order valence-electron chi connectivity index (χ1n) is 15.2. The molecule has 1 aliphatic carbocycles. The standard InChI is InChI=1S/C28H35N3/c1-16-13-20-17(11-12-23(29-20)25(2,3)4)24-30-21-14-18-19(15-22(21)31(16)24)27(7,8)28(9,10)26(18,5)6/h11-15H,1-10H3/i5D3,6D3,9D3. The molecule has 162 valence electrons. The smallest absolute Gasteiger partial charge is 0.147 e. The topological polar surface area (TPSA) is 30.2 Å². The number of benzene rings is 1. The Balaban J connectivity index is 1.97. The van der Waals surface area contributed by atoms with Gasteiger partial charge in [-0.25, -0.2) is 4.98 Å². The SMILES string of the molecule is [2H]C([2H])([2H])C1(C)C(C)(C)c2cc3c(cc2C1(C([2H])([2H])[2H])C([2H])([2H])[2H])nc1c2ccc(C(C)(C)C)nc2cc(C)n31. The van der Waals surface area contributed by atoms with E-state index in [4.69, 9.17) is 22.3 Å². The lowest BCUT2D eigenvalue weighted by atomic mass is 9.59. The Bertz CT molecular complexity index is 1690. The van der Waals surface area contributed by atoms with Crippen molar-refractivity contribution >= 4 is 27.6 Å². The molecule has 0 amide bonds. The van der Waals surface area contributed by atoms with E-state index < -0.39 is 36.8 Å². The number of hydrogen-bond donors (Lipinski definition) is 0. The maximum Gasteiger partial charge on any atom is 0.147 e. The summed E-state index contributed by atoms with van der Waals surface area (Å²) in [5.74, 6) is 0. The number of imidazole rings is 1. The fraction of sp³-hybridized carbons (Fsp3) is 0.500. The van der Waals surface area contributed by atoms with Gasteiger partial charge in [0.25, 0.3) is 0 Å². The van der Waals surface area contributed by atoms with Gasteiger partial charge in [-0.2, -0.15) is 0 Å². The number of nitrogens with zero attached hydrogens (tertiary/aromatic N) is 3. The molecular weight excluding hydrogens is 378 g/mol. The molecule has 0 fully saturated rings. The van der Waals surface area contributed by atoms with Crippen LogP contribution in [0.4, 0.5) is 0 Å². The predicted octanol–water partition coefficient (Wildman–Crippen LogP) is 7.24. The highest BCUT2D eigenvalue weighted by Gasteiger charge is 2.56. The number of rotatable bonds is 0. The van der Waals surface area contributed by atoms with E-state index in [1.807, 2.05) is 29.5 Å². The monoisotopic (exact) mass is 422 g/mol. The van der Waals surface area contributed by atoms with Crippen LogP contribution in [0.1, 0.15) is 96.9 Å². The molecule has 0 spiro atoms. The molecule has 1 aromatic carbocycles. The largest absolute Gasteiger partial charge is 0.296 e. The highest BCUT2D eigenvalue weighted by molar-refractivity contribution is 5.97. The van der Waals surface area contributed by atoms with Crippen molar-refractivity contribution in [2.75, 3.05) is 0 Å². The summed E-state index contributed by atoms with van der Waals surface area (Å²) in [6, 6.07) is 9.18. The molecule has 4 aromatic rings. The molecule has 3 heteroatoms. The molecule has 0 saturated heterocycles. The van der Waals surface area contributed by atoms with Crippen molar-refractivity contribution in [1.29, 1.82) is 0 Å². The Morgan fingerprint density at radius 1 is 0.871 bits per heavy atom. The lowest BCUT2D eigenvalue weighted by molar-refractivity contribution is 0.125. The fourth-order valence-electron chi connectivity index (χ4n) is 4.95. The number of fused-ring (bicyclic) bond motifs is 6. The maximum absolute atomic E-state index is 8.59. The van der Waals surface area contributed by atoms with Crippen LogP contribution in [0.25, 0.3) is 27.6 Å². The summed E-state index contributed by atoms with van der Waals surface area (Å²) in [5.41, 5.74) is -1.69. The second-order valence-corrected chi connectivity index (χ2v) is 10.8. The van der Waals surface area contributed by atoms with Gasteiger partial charge in [0.1, 0.15) is 5.65 Å². The van der Waals surface area contributed by atoms with Crippen LogP contribution < -0.4 is 0 Å². The first kappa shape index (κ1) is 12.6. The van der Waals surface area contributed by atoms with Crippen LogP contribution >= 0.6 is 0 Å². The zero-order valence-corrected chi connectivity index (χ0v) is 19.2. The van der Waals surface area contributed by atoms with Gasteiger partial charge in [-0.3, -0.25) is 9.38 Å². The van der Waals surface area contributed by atoms with E-state index in [1.54, 1.807) is 19.9 Å². The maximum atomic E-state index is 8.59. The Labute approximate surface area is 198 Å². The van der Waals surface area contributed by atoms with E-state index in [2.05, 4.69) is 20.8 Å². The van der Waals surface area contributed by atoms with Crippen molar-refractivity contribution in [3.05, 3.63) is 52.8 Å². The van der Waals surface area contributed by atoms with E-state index in [-0.39, 0.29) is 11.0 Å². The molecule has 5 rings (SSSR count). The van der Waals surface area contributed by atoms with Gasteiger partial charge in [-0.15, -0.1) is 0 Å². The van der Waals surface area contributed by atoms with Crippen molar-refractivity contribution in [2.24, 2.45) is 5.41 Å². The molecule has 3 aromatic heterocycles. The van der Waals surface area contributed by atoms with Crippen LogP contribution in [0.5, 0.6) is 0 Å². The molecule has 3 heterocycles. The molecule has 31 heavy (non-hydrogen) atoms. The van der Waals surface area contributed by atoms with Gasteiger partial charge in [0, 0.05) is 34.5 Å². The first-order chi connectivity index (χ1) is 17.9. The Hall–Kier alpha value is -2.42. The van der Waals surface area contributed by atoms with Crippen molar-refractivity contribution in [3.63, 3.8) is 0 Å². The van der Waals surface area contributed by atoms with Crippen LogP contribution in [-0.2, 0) is 16.2 Å². The fourth-order valence-corrected chi connectivity index (χ4v) is 4.95. The molecule has 1 atom stereocenters. The van der Waals surface area contributed by atoms with Crippen molar-refractivity contribution in [3.8, 4) is 0 Å². The summed E-state index contributed by atoms with van der Waals surface area (Å²) >= 11 is 0. The van der Waals surface area contributed by atoms with Gasteiger partial charge >= 0.3 is 0 Å². The average molecular weight is 423 g/mol. The van der Waals surface area contributed by atoms with Gasteiger partial charge in [0.15, 0.2) is 0 Å². The summed E-state index contributed by atoms with van der Waals surface area (Å²) in [5, 5.41) is 0.805. The molecule has 1 aliphatic rings. The van der Waals surface area contributed by atoms with Gasteiger partial charge in [-0.05, 0) is 64.6 Å². The van der Waals surface area contributed by atoms with E-state index in [0.717, 1.165) is 22.3 Å². The Morgan fingerprint density at radius 3 is 2.23 bits per heavy atom. The van der Waals surface area contributed by atoms with Crippen molar-refractivity contribution in [1.82, 2.24) is 14.4 Å². The van der Waals surface area contributed by atoms with Crippen molar-refractivity contribution in [2.45, 2.75) is 85.3 Å². The molecule has 0 saturated carbocycles. The summed E-state index contributed by atoms with van der Waals surface area (Å²) < 4.78 is 79.1. The number of hydrogen-bond acceptors (Lipinski definition) is 2. The normalized spacial score (nSPS) is 28.0. The van der Waals surface area contributed by atoms with Gasteiger partial charge in [-0.1, -0.05) is 62.1 Å². The molecule has 1 unspecified atom stereocenters. The molecule has 0 bridgehead atoms. The third-order valence-electron chi connectivity index (χ3n) is 7.50. The molecule has 0 radical (unpaired) electrons. The number of pyridine rings is 2. The lowest BCUT2D eigenvalue weighted by Crippen LogP contribution is -2.42. The first-order valence-corrected chi connectivity index (χ1v) is 10.7. The second kappa shape index (κ2) is 5.68. The Morgan fingerprint density at radius 2 is 1.58 bits per heavy atom. The van der Waals surface area contributed by atoms with E-state index in [0.29, 0.717) is 22.2 Å². The summed E-state index contributed by atoms with van der Waals surface area (Å²) in [7, 11) is 0. The zero-order chi connectivity index (χ0) is 30.2. The summed E-state index contributed by atoms with van der Waals surface area (Å²) in [6.07, 6.45) is 0. The van der Waals surface area contributed by atoms with E-state index >= 15 is 0 Å². The second-order valence-electron chi connectivity index (χ2n) is 10.8. The third-order valence-corrected chi connectivity index (χ3v) is 7.50. The highest BCUT2D eigenvalue weighted by atomic mass is 15.0. The van der Waals surface area contributed by atoms with Crippen LogP contribution in [-0.4, -0.2) is 14.4 Å². The zero-order valence-electron chi connectivity index (χ0n) is 28.2. The molecular formula is C28H35N3. The molecule has 0 aliphatic heterocycles. The van der Waals surface area contributed by atoms with Gasteiger partial charge < -0.3 is 0 Å². The summed E-state index contributed by atoms with van der Waals surface area (Å²) in [4.78, 5) is 9.76. The third kappa shape index (κ3) is 2.41. The number of aromatic nitrogens is 3. The molecule has 3 nitrogen and oxygen atoms in total. The number of aryl methyl sites for hydroxylation is 1. The van der Waals surface area contributed by atoms with Crippen LogP contribution in [0.3, 0.4) is 0 Å².